The molecule has 2 aromatic heterocycles. The van der Waals surface area contributed by atoms with Crippen LogP contribution in [0.4, 0.5) is 14.8 Å². The van der Waals surface area contributed by atoms with Gasteiger partial charge in [-0.25, -0.2) is 4.98 Å². The zero-order chi connectivity index (χ0) is 21.6. The van der Waals surface area contributed by atoms with Crippen LogP contribution in [0.3, 0.4) is 0 Å². The molecule has 0 radical (unpaired) electrons. The number of aliphatic hydroxyl groups is 1. The molecule has 12 heteroatoms. The van der Waals surface area contributed by atoms with E-state index in [1.54, 1.807) is 6.20 Å². The number of hydrogen-bond acceptors (Lipinski definition) is 9. The summed E-state index contributed by atoms with van der Waals surface area (Å²) in [7, 11) is 0. The van der Waals surface area contributed by atoms with E-state index < -0.39 is 12.7 Å². The molecule has 166 valence electrons. The van der Waals surface area contributed by atoms with E-state index in [1.165, 1.54) is 17.4 Å². The summed E-state index contributed by atoms with van der Waals surface area (Å²) in [6, 6.07) is 2.60. The first-order valence-corrected chi connectivity index (χ1v) is 11.1. The molecular formula is C19H20ClF2N5O3S. The number of halogens is 3. The topological polar surface area (TPSA) is 95.7 Å². The fraction of sp³-hybridized carbons (Fsp3) is 0.474. The number of ether oxygens (including phenoxy) is 1. The van der Waals surface area contributed by atoms with Gasteiger partial charge in [0.25, 0.3) is 6.01 Å². The second-order valence-electron chi connectivity index (χ2n) is 7.59. The quantitative estimate of drug-likeness (QED) is 0.432. The Kier molecular flexibility index (Phi) is 5.47. The highest BCUT2D eigenvalue weighted by atomic mass is 35.5. The van der Waals surface area contributed by atoms with Gasteiger partial charge in [-0.15, -0.1) is 11.3 Å². The highest BCUT2D eigenvalue weighted by molar-refractivity contribution is 7.13. The van der Waals surface area contributed by atoms with Crippen molar-refractivity contribution in [1.29, 1.82) is 0 Å². The van der Waals surface area contributed by atoms with Crippen molar-refractivity contribution in [2.75, 3.05) is 37.7 Å². The summed E-state index contributed by atoms with van der Waals surface area (Å²) < 4.78 is 39.9. The Morgan fingerprint density at radius 3 is 2.87 bits per heavy atom. The van der Waals surface area contributed by atoms with Crippen molar-refractivity contribution in [3.05, 3.63) is 22.7 Å². The summed E-state index contributed by atoms with van der Waals surface area (Å²) in [6.07, 6.45) is -0.815. The van der Waals surface area contributed by atoms with E-state index in [-0.39, 0.29) is 29.4 Å². The molecule has 2 unspecified atom stereocenters. The number of alkyl halides is 2. The number of piperazine rings is 1. The molecule has 3 aliphatic rings. The number of aromatic nitrogens is 2. The number of aliphatic hydroxyl groups excluding tert-OH is 1. The number of anilines is 1. The van der Waals surface area contributed by atoms with E-state index in [0.29, 0.717) is 34.3 Å². The van der Waals surface area contributed by atoms with Crippen molar-refractivity contribution < 1.29 is 23.0 Å². The number of oxazole rings is 1. The molecule has 31 heavy (non-hydrogen) atoms. The summed E-state index contributed by atoms with van der Waals surface area (Å²) in [5.41, 5.74) is 1.00. The van der Waals surface area contributed by atoms with Gasteiger partial charge in [-0.2, -0.15) is 13.8 Å². The van der Waals surface area contributed by atoms with Gasteiger partial charge in [-0.1, -0.05) is 11.6 Å². The maximum absolute atomic E-state index is 14.4. The predicted octanol–water partition coefficient (Wildman–Crippen LogP) is 2.71. The number of thiazole rings is 1. The standard InChI is InChI=1S/C19H20ClF2N5O3S/c20-13-6-12(17-24-2-4-31-17)15-14(16(13)30-19(21,22)9-23-1-3-28)26-18(29-15)27-7-10-5-11(8-27)25-10/h2,4,6,10-11,23,25,28H,1,3,5,7-9H2. The lowest BCUT2D eigenvalue weighted by Crippen LogP contribution is -2.67. The van der Waals surface area contributed by atoms with Gasteiger partial charge in [-0.3, -0.25) is 0 Å². The van der Waals surface area contributed by atoms with Crippen molar-refractivity contribution in [3.8, 4) is 16.3 Å². The summed E-state index contributed by atoms with van der Waals surface area (Å²) in [4.78, 5) is 10.8. The Labute approximate surface area is 185 Å². The Morgan fingerprint density at radius 1 is 1.42 bits per heavy atom. The first kappa shape index (κ1) is 20.8. The third-order valence-corrected chi connectivity index (χ3v) is 6.38. The molecule has 3 aliphatic heterocycles. The number of nitrogens with zero attached hydrogens (tertiary/aromatic N) is 3. The van der Waals surface area contributed by atoms with Crippen LogP contribution in [0.5, 0.6) is 5.75 Å². The van der Waals surface area contributed by atoms with E-state index in [9.17, 15) is 8.78 Å². The lowest BCUT2D eigenvalue weighted by molar-refractivity contribution is -0.170. The summed E-state index contributed by atoms with van der Waals surface area (Å²) in [6.45, 7) is 0.418. The smallest absolute Gasteiger partial charge is 0.410 e. The third kappa shape index (κ3) is 4.08. The van der Waals surface area contributed by atoms with Gasteiger partial charge in [0.1, 0.15) is 11.6 Å². The summed E-state index contributed by atoms with van der Waals surface area (Å²) in [5, 5.41) is 17.1. The molecule has 1 aromatic carbocycles. The fourth-order valence-corrected chi connectivity index (χ4v) is 4.82. The van der Waals surface area contributed by atoms with Crippen LogP contribution in [0, 0.1) is 0 Å². The first-order valence-electron chi connectivity index (χ1n) is 9.86. The molecule has 0 spiro atoms. The molecule has 3 N–H and O–H groups in total. The van der Waals surface area contributed by atoms with Crippen LogP contribution in [-0.2, 0) is 0 Å². The molecule has 2 bridgehead atoms. The van der Waals surface area contributed by atoms with Gasteiger partial charge in [-0.05, 0) is 12.5 Å². The zero-order valence-corrected chi connectivity index (χ0v) is 17.8. The maximum atomic E-state index is 14.4. The highest BCUT2D eigenvalue weighted by Gasteiger charge is 2.39. The predicted molar refractivity (Wildman–Crippen MR) is 113 cm³/mol. The normalized spacial score (nSPS) is 20.8. The molecule has 2 atom stereocenters. The van der Waals surface area contributed by atoms with Crippen molar-refractivity contribution >= 4 is 40.1 Å². The number of nitrogens with one attached hydrogen (secondary N) is 2. The van der Waals surface area contributed by atoms with Crippen molar-refractivity contribution in [2.24, 2.45) is 0 Å². The zero-order valence-electron chi connectivity index (χ0n) is 16.3. The Bertz CT molecular complexity index is 1060. The van der Waals surface area contributed by atoms with Gasteiger partial charge in [0.15, 0.2) is 16.8 Å². The molecule has 0 amide bonds. The number of hydrogen-bond donors (Lipinski definition) is 3. The second kappa shape index (κ2) is 8.14. The molecule has 0 aliphatic carbocycles. The molecule has 3 fully saturated rings. The van der Waals surface area contributed by atoms with Crippen LogP contribution in [0.25, 0.3) is 21.7 Å². The van der Waals surface area contributed by atoms with Crippen LogP contribution in [0.2, 0.25) is 5.02 Å². The minimum atomic E-state index is -3.57. The lowest BCUT2D eigenvalue weighted by atomic mass is 9.92. The van der Waals surface area contributed by atoms with Crippen LogP contribution >= 0.6 is 22.9 Å². The highest BCUT2D eigenvalue weighted by Crippen LogP contribution is 2.44. The number of fused-ring (bicyclic) bond motifs is 3. The van der Waals surface area contributed by atoms with Crippen LogP contribution < -0.4 is 20.3 Å². The SMILES string of the molecule is OCCNCC(F)(F)Oc1c(Cl)cc(-c2nccs2)c2oc(N3CC4CC(C3)N4)nc12. The number of benzene rings is 1. The average Bonchev–Trinajstić information content (AvgIpc) is 3.40. The van der Waals surface area contributed by atoms with Crippen LogP contribution in [0.1, 0.15) is 6.42 Å². The fourth-order valence-electron chi connectivity index (χ4n) is 3.93. The number of rotatable bonds is 8. The minimum absolute atomic E-state index is 0.0115. The lowest BCUT2D eigenvalue weighted by Gasteiger charge is -2.47. The molecule has 5 heterocycles. The average molecular weight is 472 g/mol. The molecule has 6 rings (SSSR count). The summed E-state index contributed by atoms with van der Waals surface area (Å²) in [5.74, 6) is -0.247. The van der Waals surface area contributed by atoms with Crippen LogP contribution in [-0.4, -0.2) is 66.1 Å². The van der Waals surface area contributed by atoms with Crippen molar-refractivity contribution in [1.82, 2.24) is 20.6 Å². The van der Waals surface area contributed by atoms with E-state index >= 15 is 0 Å². The van der Waals surface area contributed by atoms with Gasteiger partial charge in [0.2, 0.25) is 0 Å². The monoisotopic (exact) mass is 471 g/mol. The Morgan fingerprint density at radius 2 is 2.19 bits per heavy atom. The molecule has 3 saturated heterocycles. The molecular weight excluding hydrogens is 452 g/mol. The van der Waals surface area contributed by atoms with Gasteiger partial charge < -0.3 is 29.8 Å². The van der Waals surface area contributed by atoms with Gasteiger partial charge >= 0.3 is 6.11 Å². The second-order valence-corrected chi connectivity index (χ2v) is 8.89. The van der Waals surface area contributed by atoms with Crippen molar-refractivity contribution in [3.63, 3.8) is 0 Å². The van der Waals surface area contributed by atoms with E-state index in [1.807, 2.05) is 10.3 Å². The first-order chi connectivity index (χ1) is 14.9. The summed E-state index contributed by atoms with van der Waals surface area (Å²) >= 11 is 7.75. The minimum Gasteiger partial charge on any atom is -0.428 e. The van der Waals surface area contributed by atoms with Crippen molar-refractivity contribution in [2.45, 2.75) is 24.6 Å². The van der Waals surface area contributed by atoms with Gasteiger partial charge in [0, 0.05) is 43.3 Å². The Balaban J connectivity index is 1.55. The van der Waals surface area contributed by atoms with Gasteiger partial charge in [0.05, 0.1) is 17.2 Å². The Hall–Kier alpha value is -2.05. The van der Waals surface area contributed by atoms with E-state index in [2.05, 4.69) is 20.6 Å². The molecule has 8 nitrogen and oxygen atoms in total. The third-order valence-electron chi connectivity index (χ3n) is 5.29. The number of piperidine rings is 1. The molecule has 0 saturated carbocycles. The van der Waals surface area contributed by atoms with E-state index in [4.69, 9.17) is 25.9 Å². The largest absolute Gasteiger partial charge is 0.428 e. The van der Waals surface area contributed by atoms with E-state index in [0.717, 1.165) is 19.5 Å². The maximum Gasteiger partial charge on any atom is 0.410 e. The molecule has 3 aromatic rings. The van der Waals surface area contributed by atoms with Crippen LogP contribution in [0.15, 0.2) is 22.1 Å².